The number of halogens is 1. The maximum absolute atomic E-state index is 11.8. The Balaban J connectivity index is 2.46. The monoisotopic (exact) mass is 350 g/mol. The minimum Gasteiger partial charge on any atom is -0.465 e. The molecule has 1 aromatic heterocycles. The van der Waals surface area contributed by atoms with Gasteiger partial charge in [-0.2, -0.15) is 0 Å². The van der Waals surface area contributed by atoms with E-state index in [1.54, 1.807) is 6.20 Å². The molecule has 112 valence electrons. The lowest BCUT2D eigenvalue weighted by molar-refractivity contribution is -0.141. The van der Waals surface area contributed by atoms with Gasteiger partial charge in [-0.05, 0) is 32.9 Å². The topological polar surface area (TPSA) is 42.4 Å². The van der Waals surface area contributed by atoms with Crippen LogP contribution in [0.5, 0.6) is 0 Å². The first-order valence-corrected chi connectivity index (χ1v) is 7.79. The molecule has 21 heavy (non-hydrogen) atoms. The first-order chi connectivity index (χ1) is 10.0. The number of hydrogen-bond acceptors (Lipinski definition) is 4. The molecule has 0 aliphatic rings. The van der Waals surface area contributed by atoms with Gasteiger partial charge in [-0.3, -0.25) is 4.79 Å². The van der Waals surface area contributed by atoms with Crippen LogP contribution in [0.2, 0.25) is 0 Å². The summed E-state index contributed by atoms with van der Waals surface area (Å²) in [6, 6.07) is 8.10. The highest BCUT2D eigenvalue weighted by Crippen LogP contribution is 2.30. The second-order valence-corrected chi connectivity index (χ2v) is 5.85. The van der Waals surface area contributed by atoms with Crippen molar-refractivity contribution in [2.45, 2.75) is 26.8 Å². The SMILES string of the molecule is CCOC(=O)CN(c1nccc2c(Br)cccc12)C(C)C. The lowest BCUT2D eigenvalue weighted by Crippen LogP contribution is -2.37. The normalized spacial score (nSPS) is 10.9. The van der Waals surface area contributed by atoms with Gasteiger partial charge in [0.2, 0.25) is 0 Å². The molecular weight excluding hydrogens is 332 g/mol. The van der Waals surface area contributed by atoms with E-state index in [-0.39, 0.29) is 18.6 Å². The number of pyridine rings is 1. The third kappa shape index (κ3) is 3.53. The van der Waals surface area contributed by atoms with Gasteiger partial charge >= 0.3 is 5.97 Å². The maximum atomic E-state index is 11.8. The molecule has 2 aromatic rings. The van der Waals surface area contributed by atoms with Crippen molar-refractivity contribution in [3.05, 3.63) is 34.9 Å². The van der Waals surface area contributed by atoms with Crippen molar-refractivity contribution in [3.63, 3.8) is 0 Å². The number of hydrogen-bond donors (Lipinski definition) is 0. The van der Waals surface area contributed by atoms with E-state index in [0.717, 1.165) is 21.1 Å². The number of carbonyl (C=O) groups is 1. The molecule has 0 N–H and O–H groups in total. The van der Waals surface area contributed by atoms with Gasteiger partial charge < -0.3 is 9.64 Å². The Kier molecular flexibility index (Phi) is 5.17. The number of anilines is 1. The molecule has 0 aliphatic heterocycles. The number of benzene rings is 1. The van der Waals surface area contributed by atoms with E-state index in [9.17, 15) is 4.79 Å². The Bertz CT molecular complexity index is 643. The Hall–Kier alpha value is -1.62. The average molecular weight is 351 g/mol. The molecule has 0 amide bonds. The van der Waals surface area contributed by atoms with Crippen molar-refractivity contribution in [3.8, 4) is 0 Å². The fourth-order valence-corrected chi connectivity index (χ4v) is 2.73. The van der Waals surface area contributed by atoms with E-state index >= 15 is 0 Å². The van der Waals surface area contributed by atoms with Gasteiger partial charge in [-0.1, -0.05) is 28.1 Å². The Morgan fingerprint density at radius 1 is 1.33 bits per heavy atom. The zero-order chi connectivity index (χ0) is 15.4. The fraction of sp³-hybridized carbons (Fsp3) is 0.375. The van der Waals surface area contributed by atoms with E-state index in [1.165, 1.54) is 0 Å². The Morgan fingerprint density at radius 3 is 2.76 bits per heavy atom. The summed E-state index contributed by atoms with van der Waals surface area (Å²) < 4.78 is 6.08. The van der Waals surface area contributed by atoms with Crippen LogP contribution in [-0.4, -0.2) is 30.1 Å². The van der Waals surface area contributed by atoms with E-state index in [0.29, 0.717) is 6.61 Å². The van der Waals surface area contributed by atoms with Crippen molar-refractivity contribution in [2.24, 2.45) is 0 Å². The van der Waals surface area contributed by atoms with Gasteiger partial charge in [-0.15, -0.1) is 0 Å². The second kappa shape index (κ2) is 6.89. The summed E-state index contributed by atoms with van der Waals surface area (Å²) in [4.78, 5) is 18.3. The molecule has 5 heteroatoms. The average Bonchev–Trinajstić information content (AvgIpc) is 2.45. The lowest BCUT2D eigenvalue weighted by Gasteiger charge is -2.28. The predicted octanol–water partition coefficient (Wildman–Crippen LogP) is 3.78. The van der Waals surface area contributed by atoms with Crippen LogP contribution in [0.1, 0.15) is 20.8 Å². The Morgan fingerprint density at radius 2 is 2.10 bits per heavy atom. The van der Waals surface area contributed by atoms with Crippen LogP contribution in [0, 0.1) is 0 Å². The summed E-state index contributed by atoms with van der Waals surface area (Å²) in [5, 5.41) is 2.10. The molecule has 1 heterocycles. The molecule has 4 nitrogen and oxygen atoms in total. The van der Waals surface area contributed by atoms with Gasteiger partial charge in [0.15, 0.2) is 0 Å². The molecule has 0 aliphatic carbocycles. The molecule has 0 atom stereocenters. The van der Waals surface area contributed by atoms with Crippen molar-refractivity contribution < 1.29 is 9.53 Å². The number of fused-ring (bicyclic) bond motifs is 1. The van der Waals surface area contributed by atoms with Crippen LogP contribution in [0.25, 0.3) is 10.8 Å². The number of esters is 1. The van der Waals surface area contributed by atoms with Crippen LogP contribution in [0.3, 0.4) is 0 Å². The number of nitrogens with zero attached hydrogens (tertiary/aromatic N) is 2. The molecule has 0 bridgehead atoms. The van der Waals surface area contributed by atoms with E-state index in [1.807, 2.05) is 49.9 Å². The zero-order valence-electron chi connectivity index (χ0n) is 12.5. The molecule has 0 saturated heterocycles. The van der Waals surface area contributed by atoms with Crippen LogP contribution in [-0.2, 0) is 9.53 Å². The summed E-state index contributed by atoms with van der Waals surface area (Å²) in [5.41, 5.74) is 0. The smallest absolute Gasteiger partial charge is 0.325 e. The highest BCUT2D eigenvalue weighted by Gasteiger charge is 2.19. The largest absolute Gasteiger partial charge is 0.465 e. The molecule has 0 saturated carbocycles. The standard InChI is InChI=1S/C16H19BrN2O2/c1-4-21-15(20)10-19(11(2)3)16-13-6-5-7-14(17)12(13)8-9-18-16/h5-9,11H,4,10H2,1-3H3. The van der Waals surface area contributed by atoms with Crippen molar-refractivity contribution in [1.29, 1.82) is 0 Å². The van der Waals surface area contributed by atoms with Crippen LogP contribution < -0.4 is 4.90 Å². The van der Waals surface area contributed by atoms with E-state index in [4.69, 9.17) is 4.74 Å². The fourth-order valence-electron chi connectivity index (χ4n) is 2.23. The summed E-state index contributed by atoms with van der Waals surface area (Å²) in [5.74, 6) is 0.567. The first-order valence-electron chi connectivity index (χ1n) is 7.00. The summed E-state index contributed by atoms with van der Waals surface area (Å²) in [6.07, 6.45) is 1.77. The Labute approximate surface area is 133 Å². The minimum absolute atomic E-state index is 0.145. The van der Waals surface area contributed by atoms with Crippen LogP contribution in [0.15, 0.2) is 34.9 Å². The summed E-state index contributed by atoms with van der Waals surface area (Å²) in [6.45, 7) is 6.48. The molecular formula is C16H19BrN2O2. The highest BCUT2D eigenvalue weighted by atomic mass is 79.9. The van der Waals surface area contributed by atoms with Gasteiger partial charge in [0, 0.05) is 27.5 Å². The van der Waals surface area contributed by atoms with Gasteiger partial charge in [0.1, 0.15) is 12.4 Å². The molecule has 0 spiro atoms. The molecule has 1 aromatic carbocycles. The van der Waals surface area contributed by atoms with Gasteiger partial charge in [0.05, 0.1) is 6.61 Å². The third-order valence-electron chi connectivity index (χ3n) is 3.23. The number of rotatable bonds is 5. The van der Waals surface area contributed by atoms with Crippen molar-refractivity contribution in [2.75, 3.05) is 18.1 Å². The number of carbonyl (C=O) groups excluding carboxylic acids is 1. The van der Waals surface area contributed by atoms with E-state index < -0.39 is 0 Å². The molecule has 0 fully saturated rings. The summed E-state index contributed by atoms with van der Waals surface area (Å²) >= 11 is 3.55. The van der Waals surface area contributed by atoms with Gasteiger partial charge in [0.25, 0.3) is 0 Å². The zero-order valence-corrected chi connectivity index (χ0v) is 14.1. The number of ether oxygens (including phenoxy) is 1. The van der Waals surface area contributed by atoms with Crippen LogP contribution in [0.4, 0.5) is 5.82 Å². The summed E-state index contributed by atoms with van der Waals surface area (Å²) in [7, 11) is 0. The third-order valence-corrected chi connectivity index (χ3v) is 3.92. The predicted molar refractivity (Wildman–Crippen MR) is 88.6 cm³/mol. The van der Waals surface area contributed by atoms with Crippen LogP contribution >= 0.6 is 15.9 Å². The molecule has 0 unspecified atom stereocenters. The van der Waals surface area contributed by atoms with E-state index in [2.05, 4.69) is 20.9 Å². The minimum atomic E-state index is -0.236. The highest BCUT2D eigenvalue weighted by molar-refractivity contribution is 9.10. The lowest BCUT2D eigenvalue weighted by atomic mass is 10.1. The molecule has 0 radical (unpaired) electrons. The second-order valence-electron chi connectivity index (χ2n) is 5.00. The van der Waals surface area contributed by atoms with Gasteiger partial charge in [-0.25, -0.2) is 4.98 Å². The van der Waals surface area contributed by atoms with Crippen molar-refractivity contribution in [1.82, 2.24) is 4.98 Å². The maximum Gasteiger partial charge on any atom is 0.325 e. The van der Waals surface area contributed by atoms with Crippen molar-refractivity contribution >= 4 is 38.5 Å². The molecule has 2 rings (SSSR count). The first kappa shape index (κ1) is 15.8. The quantitative estimate of drug-likeness (QED) is 0.769. The number of aromatic nitrogens is 1.